The van der Waals surface area contributed by atoms with Crippen LogP contribution in [-0.2, 0) is 16.1 Å². The number of esters is 1. The van der Waals surface area contributed by atoms with Gasteiger partial charge < -0.3 is 18.9 Å². The zero-order valence-electron chi connectivity index (χ0n) is 25.4. The molecule has 11 heteroatoms. The van der Waals surface area contributed by atoms with Gasteiger partial charge in [-0.1, -0.05) is 47.7 Å². The molecule has 8 nitrogen and oxygen atoms in total. The lowest BCUT2D eigenvalue weighted by Crippen LogP contribution is -2.40. The first kappa shape index (κ1) is 32.7. The Labute approximate surface area is 281 Å². The topological polar surface area (TPSA) is 88.4 Å². The monoisotopic (exact) mass is 754 g/mol. The van der Waals surface area contributed by atoms with Gasteiger partial charge in [-0.15, -0.1) is 0 Å². The van der Waals surface area contributed by atoms with Crippen LogP contribution in [0.15, 0.2) is 90.7 Å². The molecule has 5 rings (SSSR count). The Morgan fingerprint density at radius 2 is 1.78 bits per heavy atom. The van der Waals surface area contributed by atoms with Crippen LogP contribution in [-0.4, -0.2) is 30.4 Å². The average molecular weight is 757 g/mol. The lowest BCUT2D eigenvalue weighted by atomic mass is 9.95. The minimum Gasteiger partial charge on any atom is -0.493 e. The van der Waals surface area contributed by atoms with Crippen LogP contribution in [0.5, 0.6) is 17.2 Å². The molecule has 0 saturated heterocycles. The van der Waals surface area contributed by atoms with Crippen molar-refractivity contribution in [2.75, 3.05) is 13.7 Å². The van der Waals surface area contributed by atoms with Crippen molar-refractivity contribution in [1.82, 2.24) is 4.57 Å². The van der Waals surface area contributed by atoms with E-state index in [1.54, 1.807) is 43.7 Å². The SMILES string of the molecule is CCOC(=O)C1=C(C)N=c2s/c(=C\c3cc(Br)c(OCc4ccccc4)c(Br)c3)c(=O)n2[C@@H]1c1ccc(OC(C)C)c(OC)c1. The molecule has 0 N–H and O–H groups in total. The normalized spacial score (nSPS) is 14.7. The number of rotatable bonds is 10. The Morgan fingerprint density at radius 3 is 2.42 bits per heavy atom. The summed E-state index contributed by atoms with van der Waals surface area (Å²) < 4.78 is 26.5. The molecular formula is C34H32Br2N2O6S. The smallest absolute Gasteiger partial charge is 0.338 e. The van der Waals surface area contributed by atoms with Crippen molar-refractivity contribution < 1.29 is 23.7 Å². The molecule has 1 aromatic heterocycles. The fraction of sp³-hybridized carbons (Fsp3) is 0.265. The van der Waals surface area contributed by atoms with Crippen molar-refractivity contribution in [3.63, 3.8) is 0 Å². The molecule has 0 unspecified atom stereocenters. The first-order chi connectivity index (χ1) is 21.6. The first-order valence-corrected chi connectivity index (χ1v) is 16.7. The highest BCUT2D eigenvalue weighted by Crippen LogP contribution is 2.37. The van der Waals surface area contributed by atoms with Gasteiger partial charge in [0, 0.05) is 0 Å². The largest absolute Gasteiger partial charge is 0.493 e. The number of fused-ring (bicyclic) bond motifs is 1. The van der Waals surface area contributed by atoms with Gasteiger partial charge in [0.15, 0.2) is 16.3 Å². The number of thiazole rings is 1. The Balaban J connectivity index is 1.59. The molecule has 0 fully saturated rings. The Kier molecular flexibility index (Phi) is 10.3. The highest BCUT2D eigenvalue weighted by Gasteiger charge is 2.34. The van der Waals surface area contributed by atoms with Crippen LogP contribution in [0.2, 0.25) is 0 Å². The summed E-state index contributed by atoms with van der Waals surface area (Å²) in [6.45, 7) is 7.95. The number of allylic oxidation sites excluding steroid dienone is 1. The number of benzene rings is 3. The van der Waals surface area contributed by atoms with Crippen molar-refractivity contribution in [2.45, 2.75) is 46.4 Å². The lowest BCUT2D eigenvalue weighted by molar-refractivity contribution is -0.139. The number of aromatic nitrogens is 1. The number of hydrogen-bond donors (Lipinski definition) is 0. The third-order valence-corrected chi connectivity index (χ3v) is 9.09. The molecule has 4 aromatic rings. The number of carbonyl (C=O) groups is 1. The standard InChI is InChI=1S/C34H32Br2N2O6S/c1-6-42-33(40)29-20(4)37-34-38(30(29)23-12-13-26(44-19(2)3)27(17-23)41-5)32(39)28(45-34)16-22-14-24(35)31(25(36)15-22)43-18-21-10-8-7-9-11-21/h7-17,19,30H,6,18H2,1-5H3/b28-16-/t30-/m1/s1. The molecule has 234 valence electrons. The van der Waals surface area contributed by atoms with Crippen molar-refractivity contribution >= 4 is 55.2 Å². The van der Waals surface area contributed by atoms with Crippen LogP contribution < -0.4 is 29.1 Å². The molecule has 0 radical (unpaired) electrons. The quantitative estimate of drug-likeness (QED) is 0.168. The summed E-state index contributed by atoms with van der Waals surface area (Å²) in [5.74, 6) is 1.18. The predicted octanol–water partition coefficient (Wildman–Crippen LogP) is 6.70. The molecule has 1 aliphatic heterocycles. The summed E-state index contributed by atoms with van der Waals surface area (Å²) in [6.07, 6.45) is 1.74. The van der Waals surface area contributed by atoms with Gasteiger partial charge in [-0.3, -0.25) is 9.36 Å². The summed E-state index contributed by atoms with van der Waals surface area (Å²) in [4.78, 5) is 32.5. The van der Waals surface area contributed by atoms with Crippen LogP contribution in [0.1, 0.15) is 50.4 Å². The number of methoxy groups -OCH3 is 1. The summed E-state index contributed by atoms with van der Waals surface area (Å²) in [5, 5.41) is 0. The molecule has 0 bridgehead atoms. The number of halogens is 2. The molecule has 0 aliphatic carbocycles. The van der Waals surface area contributed by atoms with Crippen LogP contribution in [0.25, 0.3) is 6.08 Å². The zero-order chi connectivity index (χ0) is 32.2. The van der Waals surface area contributed by atoms with Crippen molar-refractivity contribution in [2.24, 2.45) is 4.99 Å². The molecule has 3 aromatic carbocycles. The predicted molar refractivity (Wildman–Crippen MR) is 182 cm³/mol. The number of hydrogen-bond acceptors (Lipinski definition) is 8. The Hall–Kier alpha value is -3.67. The van der Waals surface area contributed by atoms with Gasteiger partial charge in [-0.25, -0.2) is 9.79 Å². The van der Waals surface area contributed by atoms with Gasteiger partial charge in [-0.2, -0.15) is 0 Å². The molecule has 0 spiro atoms. The van der Waals surface area contributed by atoms with E-state index in [-0.39, 0.29) is 18.3 Å². The number of ether oxygens (including phenoxy) is 4. The second-order valence-electron chi connectivity index (χ2n) is 10.5. The summed E-state index contributed by atoms with van der Waals surface area (Å²) in [5.41, 5.74) is 2.99. The van der Waals surface area contributed by atoms with E-state index in [1.807, 2.05) is 62.4 Å². The number of nitrogens with zero attached hydrogens (tertiary/aromatic N) is 2. The van der Waals surface area contributed by atoms with Crippen molar-refractivity contribution in [3.8, 4) is 17.2 Å². The van der Waals surface area contributed by atoms with Gasteiger partial charge in [0.1, 0.15) is 12.4 Å². The van der Waals surface area contributed by atoms with Crippen LogP contribution in [0.4, 0.5) is 0 Å². The van der Waals surface area contributed by atoms with E-state index < -0.39 is 12.0 Å². The van der Waals surface area contributed by atoms with E-state index in [9.17, 15) is 9.59 Å². The van der Waals surface area contributed by atoms with Crippen molar-refractivity contribution in [3.05, 3.63) is 117 Å². The molecule has 1 atom stereocenters. The van der Waals surface area contributed by atoms with E-state index in [4.69, 9.17) is 18.9 Å². The van der Waals surface area contributed by atoms with E-state index in [0.717, 1.165) is 20.1 Å². The fourth-order valence-corrected chi connectivity index (χ4v) is 7.49. The molecule has 2 heterocycles. The van der Waals surface area contributed by atoms with Gasteiger partial charge in [0.25, 0.3) is 5.56 Å². The first-order valence-electron chi connectivity index (χ1n) is 14.3. The number of carbonyl (C=O) groups excluding carboxylic acids is 1. The van der Waals surface area contributed by atoms with Crippen LogP contribution >= 0.6 is 43.2 Å². The molecule has 1 aliphatic rings. The highest BCUT2D eigenvalue weighted by atomic mass is 79.9. The van der Waals surface area contributed by atoms with Crippen molar-refractivity contribution in [1.29, 1.82) is 0 Å². The maximum Gasteiger partial charge on any atom is 0.338 e. The van der Waals surface area contributed by atoms with Gasteiger partial charge >= 0.3 is 5.97 Å². The van der Waals surface area contributed by atoms with E-state index in [1.165, 1.54) is 11.3 Å². The summed E-state index contributed by atoms with van der Waals surface area (Å²) in [7, 11) is 1.55. The van der Waals surface area contributed by atoms with E-state index >= 15 is 0 Å². The minimum atomic E-state index is -0.781. The molecule has 45 heavy (non-hydrogen) atoms. The lowest BCUT2D eigenvalue weighted by Gasteiger charge is -2.25. The average Bonchev–Trinajstić information content (AvgIpc) is 3.30. The van der Waals surface area contributed by atoms with Crippen LogP contribution in [0.3, 0.4) is 0 Å². The highest BCUT2D eigenvalue weighted by molar-refractivity contribution is 9.11. The van der Waals surface area contributed by atoms with E-state index in [2.05, 4.69) is 36.9 Å². The zero-order valence-corrected chi connectivity index (χ0v) is 29.4. The summed E-state index contributed by atoms with van der Waals surface area (Å²) >= 11 is 8.51. The van der Waals surface area contributed by atoms with E-state index in [0.29, 0.717) is 50.0 Å². The summed E-state index contributed by atoms with van der Waals surface area (Å²) in [6, 6.07) is 18.3. The minimum absolute atomic E-state index is 0.0655. The van der Waals surface area contributed by atoms with Crippen LogP contribution in [0, 0.1) is 0 Å². The Morgan fingerprint density at radius 1 is 1.07 bits per heavy atom. The third-order valence-electron chi connectivity index (χ3n) is 6.93. The molecule has 0 saturated carbocycles. The third kappa shape index (κ3) is 7.10. The second-order valence-corrected chi connectivity index (χ2v) is 13.2. The van der Waals surface area contributed by atoms with Gasteiger partial charge in [-0.05, 0) is 107 Å². The maximum atomic E-state index is 14.1. The van der Waals surface area contributed by atoms with Gasteiger partial charge in [0.2, 0.25) is 0 Å². The molecular weight excluding hydrogens is 724 g/mol. The Bertz CT molecular complexity index is 1930. The fourth-order valence-electron chi connectivity index (χ4n) is 4.99. The van der Waals surface area contributed by atoms with Gasteiger partial charge in [0.05, 0.1) is 50.6 Å². The maximum absolute atomic E-state index is 14.1. The second kappa shape index (κ2) is 14.2. The molecule has 0 amide bonds.